The third kappa shape index (κ3) is 2.07. The van der Waals surface area contributed by atoms with Gasteiger partial charge in [0, 0.05) is 17.8 Å². The zero-order valence-electron chi connectivity index (χ0n) is 9.85. The van der Waals surface area contributed by atoms with Gasteiger partial charge in [-0.1, -0.05) is 32.0 Å². The van der Waals surface area contributed by atoms with Gasteiger partial charge in [0.15, 0.2) is 0 Å². The second kappa shape index (κ2) is 4.62. The molecule has 0 radical (unpaired) electrons. The fourth-order valence-corrected chi connectivity index (χ4v) is 2.13. The van der Waals surface area contributed by atoms with Crippen molar-refractivity contribution in [2.24, 2.45) is 11.7 Å². The number of hydrogen-bond acceptors (Lipinski definition) is 2. The highest BCUT2D eigenvalue weighted by atomic mass is 14.6. The standard InChI is InChI=1S/C14H18N2/c1-10(2)14(8-15)12-3-4-13-9-16-6-5-11(13)7-12/h3-7,9-10,14H,8,15H2,1-2H3. The molecule has 1 heterocycles. The van der Waals surface area contributed by atoms with E-state index in [1.807, 2.05) is 18.5 Å². The molecule has 0 amide bonds. The van der Waals surface area contributed by atoms with E-state index in [4.69, 9.17) is 5.73 Å². The van der Waals surface area contributed by atoms with E-state index in [0.717, 1.165) is 0 Å². The molecule has 0 spiro atoms. The molecular formula is C14H18N2. The quantitative estimate of drug-likeness (QED) is 0.853. The molecule has 0 bridgehead atoms. The molecule has 2 N–H and O–H groups in total. The van der Waals surface area contributed by atoms with E-state index in [1.54, 1.807) is 0 Å². The summed E-state index contributed by atoms with van der Waals surface area (Å²) in [7, 11) is 0. The number of nitrogens with two attached hydrogens (primary N) is 1. The average Bonchev–Trinajstić information content (AvgIpc) is 2.29. The second-order valence-electron chi connectivity index (χ2n) is 4.57. The zero-order chi connectivity index (χ0) is 11.5. The van der Waals surface area contributed by atoms with E-state index in [9.17, 15) is 0 Å². The van der Waals surface area contributed by atoms with E-state index in [0.29, 0.717) is 18.4 Å². The number of hydrogen-bond donors (Lipinski definition) is 1. The third-order valence-corrected chi connectivity index (χ3v) is 3.15. The molecule has 1 aromatic carbocycles. The first kappa shape index (κ1) is 11.1. The molecule has 2 aromatic rings. The van der Waals surface area contributed by atoms with Crippen molar-refractivity contribution in [3.05, 3.63) is 42.2 Å². The van der Waals surface area contributed by atoms with Crippen LogP contribution >= 0.6 is 0 Å². The van der Waals surface area contributed by atoms with Gasteiger partial charge in [0.25, 0.3) is 0 Å². The Labute approximate surface area is 96.5 Å². The van der Waals surface area contributed by atoms with Crippen LogP contribution in [-0.4, -0.2) is 11.5 Å². The molecule has 2 rings (SSSR count). The van der Waals surface area contributed by atoms with Gasteiger partial charge in [-0.3, -0.25) is 4.98 Å². The lowest BCUT2D eigenvalue weighted by atomic mass is 9.88. The third-order valence-electron chi connectivity index (χ3n) is 3.15. The Kier molecular flexibility index (Phi) is 3.20. The summed E-state index contributed by atoms with van der Waals surface area (Å²) in [6, 6.07) is 8.57. The first-order valence-electron chi connectivity index (χ1n) is 5.76. The van der Waals surface area contributed by atoms with Crippen LogP contribution < -0.4 is 5.73 Å². The molecule has 0 saturated carbocycles. The monoisotopic (exact) mass is 214 g/mol. The molecule has 1 aromatic heterocycles. The van der Waals surface area contributed by atoms with Crippen LogP contribution in [0.3, 0.4) is 0 Å². The van der Waals surface area contributed by atoms with Gasteiger partial charge in [-0.05, 0) is 35.4 Å². The fraction of sp³-hybridized carbons (Fsp3) is 0.357. The molecule has 0 aliphatic carbocycles. The van der Waals surface area contributed by atoms with Crippen LogP contribution in [0.1, 0.15) is 25.3 Å². The molecule has 2 nitrogen and oxygen atoms in total. The van der Waals surface area contributed by atoms with Crippen molar-refractivity contribution in [1.82, 2.24) is 4.98 Å². The van der Waals surface area contributed by atoms with Crippen molar-refractivity contribution in [2.75, 3.05) is 6.54 Å². The highest BCUT2D eigenvalue weighted by Gasteiger charge is 2.13. The number of benzene rings is 1. The van der Waals surface area contributed by atoms with Crippen molar-refractivity contribution < 1.29 is 0 Å². The molecule has 0 aliphatic rings. The summed E-state index contributed by atoms with van der Waals surface area (Å²) >= 11 is 0. The maximum Gasteiger partial charge on any atom is 0.0346 e. The Morgan fingerprint density at radius 2 is 2.00 bits per heavy atom. The van der Waals surface area contributed by atoms with Gasteiger partial charge in [0.2, 0.25) is 0 Å². The van der Waals surface area contributed by atoms with Gasteiger partial charge in [-0.2, -0.15) is 0 Å². The number of nitrogens with zero attached hydrogens (tertiary/aromatic N) is 1. The minimum absolute atomic E-state index is 0.442. The molecular weight excluding hydrogens is 196 g/mol. The lowest BCUT2D eigenvalue weighted by Crippen LogP contribution is -2.17. The maximum absolute atomic E-state index is 5.84. The number of pyridine rings is 1. The van der Waals surface area contributed by atoms with Crippen molar-refractivity contribution in [1.29, 1.82) is 0 Å². The minimum Gasteiger partial charge on any atom is -0.330 e. The van der Waals surface area contributed by atoms with Crippen LogP contribution in [0.4, 0.5) is 0 Å². The Hall–Kier alpha value is -1.41. The highest BCUT2D eigenvalue weighted by molar-refractivity contribution is 5.82. The Balaban J connectivity index is 2.45. The van der Waals surface area contributed by atoms with Crippen molar-refractivity contribution in [3.8, 4) is 0 Å². The van der Waals surface area contributed by atoms with Gasteiger partial charge in [0.05, 0.1) is 0 Å². The van der Waals surface area contributed by atoms with Crippen molar-refractivity contribution >= 4 is 10.8 Å². The number of fused-ring (bicyclic) bond motifs is 1. The topological polar surface area (TPSA) is 38.9 Å². The summed E-state index contributed by atoms with van der Waals surface area (Å²) in [4.78, 5) is 4.12. The smallest absolute Gasteiger partial charge is 0.0346 e. The van der Waals surface area contributed by atoms with Crippen LogP contribution in [0.15, 0.2) is 36.7 Å². The van der Waals surface area contributed by atoms with E-state index in [2.05, 4.69) is 37.0 Å². The summed E-state index contributed by atoms with van der Waals surface area (Å²) in [6.07, 6.45) is 3.73. The zero-order valence-corrected chi connectivity index (χ0v) is 9.85. The van der Waals surface area contributed by atoms with Crippen LogP contribution in [0.5, 0.6) is 0 Å². The maximum atomic E-state index is 5.84. The summed E-state index contributed by atoms with van der Waals surface area (Å²) in [5, 5.41) is 2.43. The highest BCUT2D eigenvalue weighted by Crippen LogP contribution is 2.26. The van der Waals surface area contributed by atoms with Gasteiger partial charge < -0.3 is 5.73 Å². The fourth-order valence-electron chi connectivity index (χ4n) is 2.13. The first-order valence-corrected chi connectivity index (χ1v) is 5.76. The van der Waals surface area contributed by atoms with E-state index < -0.39 is 0 Å². The molecule has 1 unspecified atom stereocenters. The molecule has 2 heteroatoms. The van der Waals surface area contributed by atoms with Crippen LogP contribution in [0, 0.1) is 5.92 Å². The predicted molar refractivity (Wildman–Crippen MR) is 68.4 cm³/mol. The SMILES string of the molecule is CC(C)C(CN)c1ccc2cnccc2c1. The molecule has 16 heavy (non-hydrogen) atoms. The molecule has 84 valence electrons. The summed E-state index contributed by atoms with van der Waals surface area (Å²) < 4.78 is 0. The van der Waals surface area contributed by atoms with E-state index in [1.165, 1.54) is 16.3 Å². The Morgan fingerprint density at radius 1 is 1.19 bits per heavy atom. The molecule has 0 aliphatic heterocycles. The van der Waals surface area contributed by atoms with E-state index in [-0.39, 0.29) is 0 Å². The molecule has 1 atom stereocenters. The predicted octanol–water partition coefficient (Wildman–Crippen LogP) is 2.93. The van der Waals surface area contributed by atoms with Crippen LogP contribution in [0.2, 0.25) is 0 Å². The van der Waals surface area contributed by atoms with E-state index >= 15 is 0 Å². The molecule has 0 saturated heterocycles. The van der Waals surface area contributed by atoms with Crippen molar-refractivity contribution in [2.45, 2.75) is 19.8 Å². The lowest BCUT2D eigenvalue weighted by Gasteiger charge is -2.19. The van der Waals surface area contributed by atoms with Gasteiger partial charge in [-0.25, -0.2) is 0 Å². The number of aromatic nitrogens is 1. The number of rotatable bonds is 3. The van der Waals surface area contributed by atoms with Crippen LogP contribution in [-0.2, 0) is 0 Å². The lowest BCUT2D eigenvalue weighted by molar-refractivity contribution is 0.507. The average molecular weight is 214 g/mol. The van der Waals surface area contributed by atoms with Crippen LogP contribution in [0.25, 0.3) is 10.8 Å². The summed E-state index contributed by atoms with van der Waals surface area (Å²) in [5.74, 6) is 1.02. The Bertz CT molecular complexity index is 477. The first-order chi connectivity index (χ1) is 7.72. The minimum atomic E-state index is 0.442. The Morgan fingerprint density at radius 3 is 2.69 bits per heavy atom. The molecule has 0 fully saturated rings. The van der Waals surface area contributed by atoms with Gasteiger partial charge in [-0.15, -0.1) is 0 Å². The summed E-state index contributed by atoms with van der Waals surface area (Å²) in [6.45, 7) is 5.14. The normalized spacial score (nSPS) is 13.2. The second-order valence-corrected chi connectivity index (χ2v) is 4.57. The summed E-state index contributed by atoms with van der Waals surface area (Å²) in [5.41, 5.74) is 7.17. The van der Waals surface area contributed by atoms with Crippen molar-refractivity contribution in [3.63, 3.8) is 0 Å². The largest absolute Gasteiger partial charge is 0.330 e. The van der Waals surface area contributed by atoms with Gasteiger partial charge in [0.1, 0.15) is 0 Å². The van der Waals surface area contributed by atoms with Gasteiger partial charge >= 0.3 is 0 Å².